The van der Waals surface area contributed by atoms with Crippen molar-refractivity contribution in [3.63, 3.8) is 0 Å². The Bertz CT molecular complexity index is 646. The van der Waals surface area contributed by atoms with E-state index < -0.39 is 0 Å². The largest absolute Gasteiger partial charge is 0.331 e. The number of hydrogen-bond acceptors (Lipinski definition) is 2. The van der Waals surface area contributed by atoms with E-state index in [4.69, 9.17) is 12.2 Å². The predicted octanol–water partition coefficient (Wildman–Crippen LogP) is 3.65. The van der Waals surface area contributed by atoms with Crippen molar-refractivity contribution in [3.05, 3.63) is 26.5 Å². The third-order valence-electron chi connectivity index (χ3n) is 3.90. The lowest BCUT2D eigenvalue weighted by Gasteiger charge is -2.29. The molecule has 2 heterocycles. The molecule has 0 amide bonds. The number of nitrogens with one attached hydrogen (secondary N) is 1. The first-order valence-corrected chi connectivity index (χ1v) is 8.19. The molecule has 0 bridgehead atoms. The standard InChI is InChI=1S/C14H18IN3S/c1-17-6-2-3-10(8-17)9-18-13-5-4-11(15)7-12(13)16-14(18)19/h4-5,7,10H,2-3,6,8-9H2,1H3,(H,16,19). The number of imidazole rings is 1. The van der Waals surface area contributed by atoms with Crippen LogP contribution in [0.3, 0.4) is 0 Å². The molecule has 102 valence electrons. The molecular formula is C14H18IN3S. The van der Waals surface area contributed by atoms with E-state index in [0.717, 1.165) is 16.8 Å². The molecule has 3 rings (SSSR count). The van der Waals surface area contributed by atoms with E-state index >= 15 is 0 Å². The Kier molecular flexibility index (Phi) is 3.96. The van der Waals surface area contributed by atoms with Gasteiger partial charge in [-0.05, 0) is 85.4 Å². The van der Waals surface area contributed by atoms with Crippen LogP contribution in [0, 0.1) is 14.3 Å². The first kappa shape index (κ1) is 13.6. The first-order valence-electron chi connectivity index (χ1n) is 6.70. The van der Waals surface area contributed by atoms with E-state index in [1.807, 2.05) is 0 Å². The molecule has 1 aliphatic heterocycles. The molecule has 1 N–H and O–H groups in total. The fraction of sp³-hybridized carbons (Fsp3) is 0.500. The Hall–Kier alpha value is -0.400. The molecule has 1 aromatic carbocycles. The Labute approximate surface area is 132 Å². The van der Waals surface area contributed by atoms with Gasteiger partial charge in [-0.15, -0.1) is 0 Å². The second-order valence-corrected chi connectivity index (χ2v) is 7.11. The zero-order valence-electron chi connectivity index (χ0n) is 11.0. The maximum absolute atomic E-state index is 5.49. The number of likely N-dealkylation sites (tertiary alicyclic amines) is 1. The second kappa shape index (κ2) is 5.54. The lowest BCUT2D eigenvalue weighted by molar-refractivity contribution is 0.195. The molecule has 1 saturated heterocycles. The number of piperidine rings is 1. The number of hydrogen-bond donors (Lipinski definition) is 1. The quantitative estimate of drug-likeness (QED) is 0.629. The third kappa shape index (κ3) is 2.87. The van der Waals surface area contributed by atoms with Crippen molar-refractivity contribution in [3.8, 4) is 0 Å². The molecule has 1 aliphatic rings. The van der Waals surface area contributed by atoms with E-state index in [2.05, 4.69) is 62.3 Å². The molecule has 1 aromatic heterocycles. The van der Waals surface area contributed by atoms with Crippen LogP contribution in [0.1, 0.15) is 12.8 Å². The van der Waals surface area contributed by atoms with Crippen LogP contribution in [0.4, 0.5) is 0 Å². The molecule has 5 heteroatoms. The number of nitrogens with zero attached hydrogens (tertiary/aromatic N) is 2. The van der Waals surface area contributed by atoms with Gasteiger partial charge in [-0.25, -0.2) is 0 Å². The van der Waals surface area contributed by atoms with Gasteiger partial charge >= 0.3 is 0 Å². The van der Waals surface area contributed by atoms with E-state index in [1.54, 1.807) is 0 Å². The zero-order chi connectivity index (χ0) is 13.4. The highest BCUT2D eigenvalue weighted by molar-refractivity contribution is 14.1. The van der Waals surface area contributed by atoms with Crippen molar-refractivity contribution in [1.82, 2.24) is 14.5 Å². The van der Waals surface area contributed by atoms with Gasteiger partial charge in [0.15, 0.2) is 4.77 Å². The van der Waals surface area contributed by atoms with Gasteiger partial charge in [0.25, 0.3) is 0 Å². The maximum Gasteiger partial charge on any atom is 0.178 e. The average molecular weight is 387 g/mol. The predicted molar refractivity (Wildman–Crippen MR) is 90.1 cm³/mol. The summed E-state index contributed by atoms with van der Waals surface area (Å²) in [6.07, 6.45) is 2.61. The summed E-state index contributed by atoms with van der Waals surface area (Å²) in [6, 6.07) is 6.49. The Balaban J connectivity index is 1.92. The summed E-state index contributed by atoms with van der Waals surface area (Å²) in [5, 5.41) is 0. The monoisotopic (exact) mass is 387 g/mol. The Morgan fingerprint density at radius 1 is 1.47 bits per heavy atom. The molecule has 0 aliphatic carbocycles. The minimum atomic E-state index is 0.712. The van der Waals surface area contributed by atoms with Gasteiger partial charge in [0, 0.05) is 16.7 Å². The number of H-pyrrole nitrogens is 1. The molecule has 19 heavy (non-hydrogen) atoms. The minimum absolute atomic E-state index is 0.712. The highest BCUT2D eigenvalue weighted by Crippen LogP contribution is 2.22. The van der Waals surface area contributed by atoms with Gasteiger partial charge in [0.2, 0.25) is 0 Å². The second-order valence-electron chi connectivity index (χ2n) is 5.47. The van der Waals surface area contributed by atoms with Crippen LogP contribution in [-0.2, 0) is 6.54 Å². The van der Waals surface area contributed by atoms with Crippen LogP contribution in [-0.4, -0.2) is 34.6 Å². The number of aromatic amines is 1. The lowest BCUT2D eigenvalue weighted by Crippen LogP contribution is -2.34. The molecule has 1 fully saturated rings. The molecule has 1 atom stereocenters. The number of benzene rings is 1. The van der Waals surface area contributed by atoms with Crippen LogP contribution >= 0.6 is 34.8 Å². The van der Waals surface area contributed by atoms with Gasteiger partial charge in [0.05, 0.1) is 11.0 Å². The fourth-order valence-corrected chi connectivity index (χ4v) is 3.77. The van der Waals surface area contributed by atoms with Gasteiger partial charge in [-0.3, -0.25) is 0 Å². The maximum atomic E-state index is 5.49. The molecule has 0 saturated carbocycles. The summed E-state index contributed by atoms with van der Waals surface area (Å²) in [5.74, 6) is 0.712. The summed E-state index contributed by atoms with van der Waals surface area (Å²) in [5.41, 5.74) is 2.39. The molecule has 3 nitrogen and oxygen atoms in total. The van der Waals surface area contributed by atoms with Gasteiger partial charge in [0.1, 0.15) is 0 Å². The summed E-state index contributed by atoms with van der Waals surface area (Å²) in [4.78, 5) is 5.75. The van der Waals surface area contributed by atoms with Crippen molar-refractivity contribution < 1.29 is 0 Å². The van der Waals surface area contributed by atoms with Gasteiger partial charge in [-0.2, -0.15) is 0 Å². The van der Waals surface area contributed by atoms with E-state index in [9.17, 15) is 0 Å². The molecule has 0 radical (unpaired) electrons. The van der Waals surface area contributed by atoms with Crippen molar-refractivity contribution in [2.45, 2.75) is 19.4 Å². The minimum Gasteiger partial charge on any atom is -0.331 e. The van der Waals surface area contributed by atoms with Crippen LogP contribution < -0.4 is 0 Å². The van der Waals surface area contributed by atoms with Gasteiger partial charge in [-0.1, -0.05) is 0 Å². The number of aromatic nitrogens is 2. The zero-order valence-corrected chi connectivity index (χ0v) is 14.0. The number of fused-ring (bicyclic) bond motifs is 1. The molecular weight excluding hydrogens is 369 g/mol. The highest BCUT2D eigenvalue weighted by atomic mass is 127. The lowest BCUT2D eigenvalue weighted by atomic mass is 9.98. The average Bonchev–Trinajstić information content (AvgIpc) is 2.65. The van der Waals surface area contributed by atoms with Crippen molar-refractivity contribution >= 4 is 45.8 Å². The van der Waals surface area contributed by atoms with Crippen LogP contribution in [0.15, 0.2) is 18.2 Å². The van der Waals surface area contributed by atoms with Crippen molar-refractivity contribution in [1.29, 1.82) is 0 Å². The summed E-state index contributed by atoms with van der Waals surface area (Å²) >= 11 is 7.82. The highest BCUT2D eigenvalue weighted by Gasteiger charge is 2.18. The Morgan fingerprint density at radius 3 is 3.11 bits per heavy atom. The number of rotatable bonds is 2. The fourth-order valence-electron chi connectivity index (χ4n) is 3.00. The van der Waals surface area contributed by atoms with Crippen molar-refractivity contribution in [2.24, 2.45) is 5.92 Å². The SMILES string of the molecule is CN1CCCC(Cn2c(=S)[nH]c3cc(I)ccc32)C1. The van der Waals surface area contributed by atoms with Gasteiger partial charge < -0.3 is 14.5 Å². The molecule has 1 unspecified atom stereocenters. The van der Waals surface area contributed by atoms with Crippen LogP contribution in [0.25, 0.3) is 11.0 Å². The smallest absolute Gasteiger partial charge is 0.178 e. The molecule has 2 aromatic rings. The normalized spacial score (nSPS) is 21.1. The van der Waals surface area contributed by atoms with Crippen molar-refractivity contribution in [2.75, 3.05) is 20.1 Å². The summed E-state index contributed by atoms with van der Waals surface area (Å²) < 4.78 is 4.36. The van der Waals surface area contributed by atoms with Crippen LogP contribution in [0.2, 0.25) is 0 Å². The summed E-state index contributed by atoms with van der Waals surface area (Å²) in [6.45, 7) is 3.44. The summed E-state index contributed by atoms with van der Waals surface area (Å²) in [7, 11) is 2.21. The topological polar surface area (TPSA) is 24.0 Å². The Morgan fingerprint density at radius 2 is 2.32 bits per heavy atom. The third-order valence-corrected chi connectivity index (χ3v) is 4.89. The number of halogens is 1. The van der Waals surface area contributed by atoms with E-state index in [1.165, 1.54) is 35.0 Å². The first-order chi connectivity index (χ1) is 9.13. The van der Waals surface area contributed by atoms with E-state index in [-0.39, 0.29) is 0 Å². The molecule has 0 spiro atoms. The van der Waals surface area contributed by atoms with E-state index in [0.29, 0.717) is 5.92 Å². The van der Waals surface area contributed by atoms with Crippen LogP contribution in [0.5, 0.6) is 0 Å².